The molecule has 0 radical (unpaired) electrons. The predicted octanol–water partition coefficient (Wildman–Crippen LogP) is 2.60. The van der Waals surface area contributed by atoms with Gasteiger partial charge >= 0.3 is 0 Å². The summed E-state index contributed by atoms with van der Waals surface area (Å²) in [4.78, 5) is 18.3. The van der Waals surface area contributed by atoms with E-state index < -0.39 is 0 Å². The van der Waals surface area contributed by atoms with E-state index in [0.717, 1.165) is 23.1 Å². The lowest BCUT2D eigenvalue weighted by Gasteiger charge is -2.09. The van der Waals surface area contributed by atoms with Gasteiger partial charge in [-0.05, 0) is 31.2 Å². The molecule has 2 heterocycles. The number of thiophene rings is 1. The fraction of sp³-hybridized carbons (Fsp3) is 0.400. The van der Waals surface area contributed by atoms with Crippen molar-refractivity contribution in [2.75, 3.05) is 0 Å². The van der Waals surface area contributed by atoms with Crippen LogP contribution in [0.25, 0.3) is 10.2 Å². The van der Waals surface area contributed by atoms with Crippen molar-refractivity contribution in [1.29, 1.82) is 0 Å². The Bertz CT molecular complexity index is 541. The van der Waals surface area contributed by atoms with Crippen LogP contribution in [0.15, 0.2) is 10.3 Å². The van der Waals surface area contributed by atoms with E-state index in [4.69, 9.17) is 0 Å². The van der Waals surface area contributed by atoms with Crippen LogP contribution in [0.5, 0.6) is 0 Å². The van der Waals surface area contributed by atoms with E-state index in [1.807, 2.05) is 0 Å². The Morgan fingerprint density at radius 3 is 3.07 bits per heavy atom. The van der Waals surface area contributed by atoms with E-state index in [2.05, 4.69) is 4.98 Å². The zero-order chi connectivity index (χ0) is 9.54. The maximum absolute atomic E-state index is 11.7. The molecule has 0 N–H and O–H groups in total. The molecule has 14 heavy (non-hydrogen) atoms. The molecule has 4 heteroatoms. The van der Waals surface area contributed by atoms with E-state index in [-0.39, 0.29) is 4.74 Å². The summed E-state index contributed by atoms with van der Waals surface area (Å²) in [6.07, 6.45) is 4.69. The molecule has 0 aliphatic heterocycles. The molecule has 3 rings (SSSR count). The summed E-state index contributed by atoms with van der Waals surface area (Å²) in [7, 11) is 0. The van der Waals surface area contributed by atoms with E-state index in [9.17, 15) is 4.79 Å². The van der Waals surface area contributed by atoms with E-state index >= 15 is 0 Å². The van der Waals surface area contributed by atoms with Crippen molar-refractivity contribution in [2.45, 2.75) is 25.7 Å². The summed E-state index contributed by atoms with van der Waals surface area (Å²) >= 11 is 2.92. The first-order chi connectivity index (χ1) is 6.86. The van der Waals surface area contributed by atoms with Crippen molar-refractivity contribution < 1.29 is 0 Å². The van der Waals surface area contributed by atoms with Gasteiger partial charge in [0.25, 0.3) is 0 Å². The summed E-state index contributed by atoms with van der Waals surface area (Å²) in [6.45, 7) is 0. The number of aryl methyl sites for hydroxylation is 2. The first-order valence-electron chi connectivity index (χ1n) is 4.74. The number of fused-ring (bicyclic) bond motifs is 3. The molecule has 0 saturated heterocycles. The topological polar surface area (TPSA) is 30.0 Å². The first kappa shape index (κ1) is 8.56. The molecule has 0 atom stereocenters. The third-order valence-corrected chi connectivity index (χ3v) is 4.52. The molecule has 0 amide bonds. The van der Waals surface area contributed by atoms with Crippen molar-refractivity contribution in [3.8, 4) is 0 Å². The normalized spacial score (nSPS) is 15.7. The SMILES string of the molecule is O=c1scnc2sc3c(c12)CCCC3. The Labute approximate surface area is 89.2 Å². The monoisotopic (exact) mass is 223 g/mol. The average Bonchev–Trinajstić information content (AvgIpc) is 2.57. The van der Waals surface area contributed by atoms with Gasteiger partial charge in [-0.3, -0.25) is 4.79 Å². The zero-order valence-electron chi connectivity index (χ0n) is 7.58. The van der Waals surface area contributed by atoms with Crippen LogP contribution < -0.4 is 4.74 Å². The van der Waals surface area contributed by atoms with Gasteiger partial charge in [-0.25, -0.2) is 4.98 Å². The minimum Gasteiger partial charge on any atom is -0.277 e. The molecule has 1 aliphatic rings. The van der Waals surface area contributed by atoms with Gasteiger partial charge in [-0.1, -0.05) is 11.3 Å². The molecular formula is C10H9NOS2. The number of hydrogen-bond donors (Lipinski definition) is 0. The van der Waals surface area contributed by atoms with Crippen LogP contribution in [0, 0.1) is 0 Å². The van der Waals surface area contributed by atoms with Crippen LogP contribution in [0.1, 0.15) is 23.3 Å². The van der Waals surface area contributed by atoms with Crippen LogP contribution in [0.3, 0.4) is 0 Å². The molecule has 0 aromatic carbocycles. The summed E-state index contributed by atoms with van der Waals surface area (Å²) in [5.41, 5.74) is 2.96. The van der Waals surface area contributed by atoms with E-state index in [1.54, 1.807) is 16.8 Å². The van der Waals surface area contributed by atoms with E-state index in [0.29, 0.717) is 0 Å². The van der Waals surface area contributed by atoms with Crippen molar-refractivity contribution >= 4 is 32.9 Å². The molecule has 1 aliphatic carbocycles. The summed E-state index contributed by atoms with van der Waals surface area (Å²) < 4.78 is 0.189. The summed E-state index contributed by atoms with van der Waals surface area (Å²) in [5.74, 6) is 0. The van der Waals surface area contributed by atoms with Crippen molar-refractivity contribution in [3.05, 3.63) is 25.5 Å². The lowest BCUT2D eigenvalue weighted by atomic mass is 9.98. The number of nitrogens with zero attached hydrogens (tertiary/aromatic N) is 1. The molecule has 0 fully saturated rings. The maximum atomic E-state index is 11.7. The number of rotatable bonds is 0. The Kier molecular flexibility index (Phi) is 1.92. The highest BCUT2D eigenvalue weighted by molar-refractivity contribution is 7.19. The van der Waals surface area contributed by atoms with Gasteiger partial charge in [0.15, 0.2) is 0 Å². The van der Waals surface area contributed by atoms with Crippen molar-refractivity contribution in [3.63, 3.8) is 0 Å². The van der Waals surface area contributed by atoms with Gasteiger partial charge in [0.05, 0.1) is 10.9 Å². The number of hydrogen-bond acceptors (Lipinski definition) is 4. The third kappa shape index (κ3) is 1.14. The molecule has 2 nitrogen and oxygen atoms in total. The fourth-order valence-electron chi connectivity index (χ4n) is 2.03. The minimum atomic E-state index is 0.189. The lowest BCUT2D eigenvalue weighted by molar-refractivity contribution is 0.700. The standard InChI is InChI=1S/C10H9NOS2/c12-10-8-6-3-1-2-4-7(6)14-9(8)11-5-13-10/h5H,1-4H2. The highest BCUT2D eigenvalue weighted by Crippen LogP contribution is 2.33. The second kappa shape index (κ2) is 3.14. The minimum absolute atomic E-state index is 0.189. The molecule has 0 bridgehead atoms. The lowest BCUT2D eigenvalue weighted by Crippen LogP contribution is -2.02. The molecule has 0 saturated carbocycles. The first-order valence-corrected chi connectivity index (χ1v) is 6.44. The van der Waals surface area contributed by atoms with Gasteiger partial charge in [0.1, 0.15) is 4.83 Å². The van der Waals surface area contributed by atoms with Crippen LogP contribution in [0.4, 0.5) is 0 Å². The molecule has 0 spiro atoms. The Morgan fingerprint density at radius 2 is 2.14 bits per heavy atom. The van der Waals surface area contributed by atoms with E-state index in [1.165, 1.54) is 34.6 Å². The predicted molar refractivity (Wildman–Crippen MR) is 60.4 cm³/mol. The molecule has 0 unspecified atom stereocenters. The van der Waals surface area contributed by atoms with Crippen LogP contribution in [-0.4, -0.2) is 4.98 Å². The van der Waals surface area contributed by atoms with Crippen LogP contribution in [0.2, 0.25) is 0 Å². The fourth-order valence-corrected chi connectivity index (χ4v) is 3.99. The molecular weight excluding hydrogens is 214 g/mol. The third-order valence-electron chi connectivity index (χ3n) is 2.69. The Hall–Kier alpha value is -0.740. The summed E-state index contributed by atoms with van der Waals surface area (Å²) in [5, 5.41) is 0.914. The highest BCUT2D eigenvalue weighted by Gasteiger charge is 2.18. The molecule has 72 valence electrons. The van der Waals surface area contributed by atoms with Gasteiger partial charge in [-0.15, -0.1) is 11.3 Å². The van der Waals surface area contributed by atoms with Crippen LogP contribution in [-0.2, 0) is 12.8 Å². The second-order valence-electron chi connectivity index (χ2n) is 3.53. The zero-order valence-corrected chi connectivity index (χ0v) is 9.21. The largest absolute Gasteiger partial charge is 0.277 e. The average molecular weight is 223 g/mol. The number of aromatic nitrogens is 1. The van der Waals surface area contributed by atoms with Crippen LogP contribution >= 0.6 is 22.7 Å². The second-order valence-corrected chi connectivity index (χ2v) is 5.43. The highest BCUT2D eigenvalue weighted by atomic mass is 32.1. The molecule has 2 aromatic heterocycles. The van der Waals surface area contributed by atoms with Gasteiger partial charge in [0.2, 0.25) is 4.74 Å². The van der Waals surface area contributed by atoms with Crippen molar-refractivity contribution in [1.82, 2.24) is 4.98 Å². The summed E-state index contributed by atoms with van der Waals surface area (Å²) in [6, 6.07) is 0. The molecule has 2 aromatic rings. The Morgan fingerprint density at radius 1 is 1.29 bits per heavy atom. The smallest absolute Gasteiger partial charge is 0.244 e. The van der Waals surface area contributed by atoms with Gasteiger partial charge < -0.3 is 0 Å². The Balaban J connectivity index is 2.44. The quantitative estimate of drug-likeness (QED) is 0.687. The van der Waals surface area contributed by atoms with Gasteiger partial charge in [0, 0.05) is 4.88 Å². The maximum Gasteiger partial charge on any atom is 0.244 e. The van der Waals surface area contributed by atoms with Crippen molar-refractivity contribution in [2.24, 2.45) is 0 Å². The van der Waals surface area contributed by atoms with Gasteiger partial charge in [-0.2, -0.15) is 0 Å².